The highest BCUT2D eigenvalue weighted by Gasteiger charge is 2.40. The molecule has 0 radical (unpaired) electrons. The zero-order chi connectivity index (χ0) is 48.0. The molecule has 9 aromatic rings. The predicted molar refractivity (Wildman–Crippen MR) is 295 cm³/mol. The summed E-state index contributed by atoms with van der Waals surface area (Å²) in [6.45, 7) is 21.0. The number of benzene rings is 8. The largest absolute Gasteiger partial charge is 0.483 e. The Morgan fingerprint density at radius 1 is 0.586 bits per heavy atom. The van der Waals surface area contributed by atoms with Crippen molar-refractivity contribution in [2.45, 2.75) is 110 Å². The standard InChI is InChI=1S/C66H62N2O2/c1-39-36-55(67(43-28-24-41(25-29-43)64(2,3)4)53-20-14-18-48-46-16-10-12-22-57(46)69-62(48)53)51-38-52-59-40(34-35-66(52,8)9)37-56(50-33-32-45(39)60(51)61(50)59)68(44-30-26-42(27-31-44)65(5,6)7)54-21-15-19-49-47-17-11-13-23-58(47)70-63(49)54/h10-14,16-18,20-33,36-38,47,58H,15,19,34-35H2,1-9H3. The molecule has 0 saturated heterocycles. The fourth-order valence-corrected chi connectivity index (χ4v) is 12.5. The second kappa shape index (κ2) is 15.2. The summed E-state index contributed by atoms with van der Waals surface area (Å²) < 4.78 is 14.0. The van der Waals surface area contributed by atoms with Gasteiger partial charge in [0, 0.05) is 44.2 Å². The molecular formula is C66H62N2O2. The number of furan rings is 1. The summed E-state index contributed by atoms with van der Waals surface area (Å²) in [5.41, 5.74) is 16.7. The third-order valence-electron chi connectivity index (χ3n) is 16.3. The van der Waals surface area contributed by atoms with Crippen LogP contribution in [0.3, 0.4) is 0 Å². The minimum Gasteiger partial charge on any atom is -0.483 e. The van der Waals surface area contributed by atoms with Gasteiger partial charge in [0.2, 0.25) is 0 Å². The fraction of sp³-hybridized carbons (Fsp3) is 0.273. The van der Waals surface area contributed by atoms with Crippen molar-refractivity contribution < 1.29 is 9.15 Å². The van der Waals surface area contributed by atoms with Gasteiger partial charge in [0.1, 0.15) is 17.4 Å². The molecule has 4 nitrogen and oxygen atoms in total. The van der Waals surface area contributed by atoms with Crippen molar-refractivity contribution in [2.75, 3.05) is 9.80 Å². The Hall–Kier alpha value is -7.04. The highest BCUT2D eigenvalue weighted by atomic mass is 16.5. The Labute approximate surface area is 412 Å². The minimum absolute atomic E-state index is 0.0137. The highest BCUT2D eigenvalue weighted by molar-refractivity contribution is 6.30. The van der Waals surface area contributed by atoms with Crippen molar-refractivity contribution in [3.05, 3.63) is 197 Å². The third-order valence-corrected chi connectivity index (χ3v) is 16.3. The fourth-order valence-electron chi connectivity index (χ4n) is 12.5. The van der Waals surface area contributed by atoms with E-state index >= 15 is 0 Å². The van der Waals surface area contributed by atoms with Gasteiger partial charge in [0.25, 0.3) is 0 Å². The van der Waals surface area contributed by atoms with E-state index in [0.717, 1.165) is 81.8 Å². The lowest BCUT2D eigenvalue weighted by Crippen LogP contribution is -2.25. The van der Waals surface area contributed by atoms with E-state index in [9.17, 15) is 0 Å². The van der Waals surface area contributed by atoms with E-state index in [4.69, 9.17) is 9.15 Å². The first-order valence-corrected chi connectivity index (χ1v) is 25.6. The number of hydrogen-bond donors (Lipinski definition) is 0. The van der Waals surface area contributed by atoms with Crippen molar-refractivity contribution >= 4 is 82.7 Å². The average molecular weight is 915 g/mol. The van der Waals surface area contributed by atoms with Crippen LogP contribution in [0.2, 0.25) is 0 Å². The first kappa shape index (κ1) is 43.0. The van der Waals surface area contributed by atoms with E-state index in [0.29, 0.717) is 0 Å². The predicted octanol–water partition coefficient (Wildman–Crippen LogP) is 18.3. The van der Waals surface area contributed by atoms with Gasteiger partial charge >= 0.3 is 0 Å². The number of fused-ring (bicyclic) bond motifs is 5. The molecule has 1 aliphatic heterocycles. The van der Waals surface area contributed by atoms with Gasteiger partial charge in [0.15, 0.2) is 5.58 Å². The zero-order valence-electron chi connectivity index (χ0n) is 42.1. The maximum atomic E-state index is 7.06. The molecule has 348 valence electrons. The van der Waals surface area contributed by atoms with Crippen LogP contribution in [0.25, 0.3) is 54.3 Å². The SMILES string of the molecule is Cc1cc(N(c2ccc(C(C)(C)C)cc2)c2cccc3c2oc2ccccc23)c2cc3c4c(cc(N(C5=CCCC6=C5OC5C=CC=CC65)c5ccc(C(C)(C)C)cc5)c5ccc1c2c54)CCC3(C)C. The van der Waals surface area contributed by atoms with E-state index in [2.05, 4.69) is 224 Å². The second-order valence-corrected chi connectivity index (χ2v) is 23.3. The Kier molecular flexibility index (Phi) is 9.36. The Balaban J connectivity index is 1.12. The molecule has 13 rings (SSSR count). The lowest BCUT2D eigenvalue weighted by Gasteiger charge is -2.37. The lowest BCUT2D eigenvalue weighted by atomic mass is 9.70. The molecule has 0 saturated carbocycles. The highest BCUT2D eigenvalue weighted by Crippen LogP contribution is 2.55. The molecule has 70 heavy (non-hydrogen) atoms. The number of aryl methyl sites for hydroxylation is 2. The second-order valence-electron chi connectivity index (χ2n) is 23.3. The zero-order valence-corrected chi connectivity index (χ0v) is 42.1. The molecule has 4 aliphatic rings. The number of allylic oxidation sites excluding steroid dienone is 3. The van der Waals surface area contributed by atoms with Crippen LogP contribution in [0, 0.1) is 12.8 Å². The topological polar surface area (TPSA) is 28.9 Å². The van der Waals surface area contributed by atoms with Crippen molar-refractivity contribution in [3.63, 3.8) is 0 Å². The quantitative estimate of drug-likeness (QED) is 0.155. The summed E-state index contributed by atoms with van der Waals surface area (Å²) >= 11 is 0. The number of nitrogens with zero attached hydrogens (tertiary/aromatic N) is 2. The molecular weight excluding hydrogens is 853 g/mol. The van der Waals surface area contributed by atoms with Crippen LogP contribution in [-0.2, 0) is 27.4 Å². The summed E-state index contributed by atoms with van der Waals surface area (Å²) in [6, 6.07) is 46.1. The summed E-state index contributed by atoms with van der Waals surface area (Å²) in [5.74, 6) is 1.31. The molecule has 3 aliphatic carbocycles. The van der Waals surface area contributed by atoms with Crippen LogP contribution in [0.15, 0.2) is 173 Å². The molecule has 0 bridgehead atoms. The molecule has 2 heterocycles. The van der Waals surface area contributed by atoms with Crippen molar-refractivity contribution in [2.24, 2.45) is 5.92 Å². The van der Waals surface area contributed by atoms with Crippen LogP contribution < -0.4 is 9.80 Å². The van der Waals surface area contributed by atoms with E-state index in [1.54, 1.807) is 0 Å². The molecule has 8 aromatic carbocycles. The lowest BCUT2D eigenvalue weighted by molar-refractivity contribution is 0.170. The van der Waals surface area contributed by atoms with Gasteiger partial charge in [-0.25, -0.2) is 0 Å². The number of ether oxygens (including phenoxy) is 1. The summed E-state index contributed by atoms with van der Waals surface area (Å²) in [7, 11) is 0. The summed E-state index contributed by atoms with van der Waals surface area (Å²) in [4.78, 5) is 5.05. The van der Waals surface area contributed by atoms with Gasteiger partial charge in [-0.05, 0) is 159 Å². The Morgan fingerprint density at radius 3 is 2.00 bits per heavy atom. The van der Waals surface area contributed by atoms with Crippen LogP contribution in [-0.4, -0.2) is 6.10 Å². The number of para-hydroxylation sites is 2. The molecule has 0 spiro atoms. The van der Waals surface area contributed by atoms with Crippen LogP contribution in [0.4, 0.5) is 28.4 Å². The van der Waals surface area contributed by atoms with Gasteiger partial charge in [0.05, 0.1) is 22.8 Å². The monoisotopic (exact) mass is 914 g/mol. The molecule has 1 aromatic heterocycles. The Bertz CT molecular complexity index is 3750. The Morgan fingerprint density at radius 2 is 1.26 bits per heavy atom. The number of rotatable bonds is 6. The maximum Gasteiger partial charge on any atom is 0.159 e. The normalized spacial score (nSPS) is 18.6. The van der Waals surface area contributed by atoms with E-state index in [-0.39, 0.29) is 28.3 Å². The molecule has 4 heteroatoms. The molecule has 0 fully saturated rings. The van der Waals surface area contributed by atoms with Crippen LogP contribution >= 0.6 is 0 Å². The first-order chi connectivity index (χ1) is 33.6. The molecule has 2 unspecified atom stereocenters. The molecule has 2 atom stereocenters. The molecule has 0 amide bonds. The average Bonchev–Trinajstić information content (AvgIpc) is 3.93. The number of hydrogen-bond acceptors (Lipinski definition) is 4. The number of anilines is 5. The van der Waals surface area contributed by atoms with Crippen molar-refractivity contribution in [1.29, 1.82) is 0 Å². The minimum atomic E-state index is -0.0511. The van der Waals surface area contributed by atoms with Crippen molar-refractivity contribution in [3.8, 4) is 0 Å². The van der Waals surface area contributed by atoms with E-state index in [1.165, 1.54) is 71.4 Å². The van der Waals surface area contributed by atoms with Gasteiger partial charge in [-0.2, -0.15) is 0 Å². The van der Waals surface area contributed by atoms with Gasteiger partial charge in [-0.1, -0.05) is 146 Å². The smallest absolute Gasteiger partial charge is 0.159 e. The molecule has 0 N–H and O–H groups in total. The van der Waals surface area contributed by atoms with Gasteiger partial charge in [-0.15, -0.1) is 0 Å². The van der Waals surface area contributed by atoms with Crippen LogP contribution in [0.1, 0.15) is 102 Å². The third kappa shape index (κ3) is 6.48. The van der Waals surface area contributed by atoms with Gasteiger partial charge < -0.3 is 19.0 Å². The van der Waals surface area contributed by atoms with Gasteiger partial charge in [-0.3, -0.25) is 0 Å². The van der Waals surface area contributed by atoms with Crippen molar-refractivity contribution in [1.82, 2.24) is 0 Å². The summed E-state index contributed by atoms with van der Waals surface area (Å²) in [5, 5.41) is 10.1. The summed E-state index contributed by atoms with van der Waals surface area (Å²) in [6.07, 6.45) is 15.4. The van der Waals surface area contributed by atoms with E-state index < -0.39 is 0 Å². The van der Waals surface area contributed by atoms with Crippen LogP contribution in [0.5, 0.6) is 0 Å². The van der Waals surface area contributed by atoms with E-state index in [1.807, 2.05) is 0 Å². The first-order valence-electron chi connectivity index (χ1n) is 25.6. The maximum absolute atomic E-state index is 7.06.